The van der Waals surface area contributed by atoms with Crippen LogP contribution in [0.1, 0.15) is 11.3 Å². The van der Waals surface area contributed by atoms with Crippen LogP contribution in [0.15, 0.2) is 58.8 Å². The van der Waals surface area contributed by atoms with Gasteiger partial charge in [-0.05, 0) is 12.2 Å². The summed E-state index contributed by atoms with van der Waals surface area (Å²) in [6.07, 6.45) is 8.94. The third kappa shape index (κ3) is 2.90. The topological polar surface area (TPSA) is 91.8 Å². The summed E-state index contributed by atoms with van der Waals surface area (Å²) in [6.45, 7) is 3.65. The van der Waals surface area contributed by atoms with Crippen LogP contribution in [-0.4, -0.2) is 39.7 Å². The van der Waals surface area contributed by atoms with Crippen LogP contribution >= 0.6 is 11.8 Å². The van der Waals surface area contributed by atoms with Crippen molar-refractivity contribution >= 4 is 35.3 Å². The van der Waals surface area contributed by atoms with Gasteiger partial charge in [-0.15, -0.1) is 0 Å². The molecule has 0 radical (unpaired) electrons. The first-order chi connectivity index (χ1) is 13.9. The average Bonchev–Trinajstić information content (AvgIpc) is 2.72. The number of aliphatic carboxylic acids is 1. The van der Waals surface area contributed by atoms with Crippen molar-refractivity contribution in [1.82, 2.24) is 9.88 Å². The van der Waals surface area contributed by atoms with Crippen molar-refractivity contribution in [1.29, 1.82) is 0 Å². The van der Waals surface area contributed by atoms with E-state index in [2.05, 4.69) is 16.9 Å². The van der Waals surface area contributed by atoms with Gasteiger partial charge in [0.1, 0.15) is 0 Å². The molecule has 9 heteroatoms. The molecule has 0 spiro atoms. The smallest absolute Gasteiger partial charge is 0.342 e. The van der Waals surface area contributed by atoms with Crippen molar-refractivity contribution in [2.75, 3.05) is 12.4 Å². The molecule has 0 saturated carbocycles. The zero-order valence-electron chi connectivity index (χ0n) is 15.3. The summed E-state index contributed by atoms with van der Waals surface area (Å²) in [4.78, 5) is 30.2. The Morgan fingerprint density at radius 3 is 3.03 bits per heavy atom. The number of carboxylic acid groups (broad SMARTS) is 1. The Balaban J connectivity index is 1.80. The fourth-order valence-corrected chi connectivity index (χ4v) is 4.24. The maximum Gasteiger partial charge on any atom is 0.342 e. The predicted octanol–water partition coefficient (Wildman–Crippen LogP) is 3.01. The van der Waals surface area contributed by atoms with Gasteiger partial charge in [-0.25, -0.2) is 9.18 Å². The highest BCUT2D eigenvalue weighted by atomic mass is 32.2. The summed E-state index contributed by atoms with van der Waals surface area (Å²) in [5, 5.41) is 13.9. The molecule has 1 atom stereocenters. The zero-order chi connectivity index (χ0) is 20.8. The first-order valence-electron chi connectivity index (χ1n) is 8.57. The van der Waals surface area contributed by atoms with Gasteiger partial charge in [0.25, 0.3) is 5.85 Å². The molecule has 0 aliphatic carbocycles. The minimum atomic E-state index is -1.66. The molecule has 0 aromatic carbocycles. The maximum atomic E-state index is 14.2. The Morgan fingerprint density at radius 1 is 1.55 bits per heavy atom. The van der Waals surface area contributed by atoms with E-state index in [1.165, 1.54) is 19.3 Å². The molecule has 2 N–H and O–H groups in total. The molecule has 1 aromatic heterocycles. The summed E-state index contributed by atoms with van der Waals surface area (Å²) < 4.78 is 19.9. The van der Waals surface area contributed by atoms with Crippen molar-refractivity contribution in [2.45, 2.75) is 12.3 Å². The first-order valence-corrected chi connectivity index (χ1v) is 9.45. The summed E-state index contributed by atoms with van der Waals surface area (Å²) >= 11 is 1.03. The molecule has 1 unspecified atom stereocenters. The molecule has 148 valence electrons. The van der Waals surface area contributed by atoms with Gasteiger partial charge >= 0.3 is 5.97 Å². The number of thioether (sulfide) groups is 1. The molecule has 4 heterocycles. The first kappa shape index (κ1) is 19.2. The number of nitrogens with one attached hydrogen (secondary N) is 1. The van der Waals surface area contributed by atoms with Crippen LogP contribution in [0.2, 0.25) is 0 Å². The summed E-state index contributed by atoms with van der Waals surface area (Å²) in [7, 11) is 1.37. The van der Waals surface area contributed by atoms with Crippen LogP contribution in [0.5, 0.6) is 0 Å². The number of ketones is 1. The van der Waals surface area contributed by atoms with Crippen molar-refractivity contribution < 1.29 is 23.8 Å². The highest BCUT2D eigenvalue weighted by molar-refractivity contribution is 8.06. The third-order valence-electron chi connectivity index (χ3n) is 4.85. The lowest BCUT2D eigenvalue weighted by Crippen LogP contribution is -2.62. The van der Waals surface area contributed by atoms with Gasteiger partial charge in [-0.1, -0.05) is 30.5 Å². The highest BCUT2D eigenvalue weighted by Crippen LogP contribution is 2.41. The largest absolute Gasteiger partial charge is 0.477 e. The van der Waals surface area contributed by atoms with Gasteiger partial charge < -0.3 is 15.2 Å². The second kappa shape index (κ2) is 7.02. The second-order valence-electron chi connectivity index (χ2n) is 6.39. The van der Waals surface area contributed by atoms with Gasteiger partial charge in [0, 0.05) is 29.9 Å². The van der Waals surface area contributed by atoms with E-state index in [1.807, 2.05) is 0 Å². The van der Waals surface area contributed by atoms with Crippen LogP contribution in [0.4, 0.5) is 10.1 Å². The number of ether oxygens (including phenoxy) is 1. The minimum absolute atomic E-state index is 0.0721. The number of hydrogen-bond donors (Lipinski definition) is 2. The number of aromatic nitrogens is 1. The maximum absolute atomic E-state index is 14.2. The highest BCUT2D eigenvalue weighted by Gasteiger charge is 2.50. The molecule has 0 amide bonds. The number of nitrogens with zero attached hydrogens (tertiary/aromatic N) is 2. The van der Waals surface area contributed by atoms with Gasteiger partial charge in [0.2, 0.25) is 5.78 Å². The molecule has 0 fully saturated rings. The molecular weight excluding hydrogens is 397 g/mol. The van der Waals surface area contributed by atoms with Crippen LogP contribution in [0, 0.1) is 5.82 Å². The minimum Gasteiger partial charge on any atom is -0.477 e. The molecule has 29 heavy (non-hydrogen) atoms. The van der Waals surface area contributed by atoms with Crippen LogP contribution < -0.4 is 5.32 Å². The average molecular weight is 413 g/mol. The summed E-state index contributed by atoms with van der Waals surface area (Å²) in [5.41, 5.74) is 2.12. The zero-order valence-corrected chi connectivity index (χ0v) is 16.1. The fourth-order valence-electron chi connectivity index (χ4n) is 3.45. The lowest BCUT2D eigenvalue weighted by molar-refractivity contribution is -0.152. The van der Waals surface area contributed by atoms with Gasteiger partial charge in [0.15, 0.2) is 5.82 Å². The second-order valence-corrected chi connectivity index (χ2v) is 7.30. The number of rotatable bonds is 4. The number of hydrogen-bond acceptors (Lipinski definition) is 7. The molecule has 7 nitrogen and oxygen atoms in total. The molecule has 3 aliphatic rings. The molecule has 0 saturated heterocycles. The third-order valence-corrected chi connectivity index (χ3v) is 5.74. The van der Waals surface area contributed by atoms with Crippen LogP contribution in [0.25, 0.3) is 6.08 Å². The summed E-state index contributed by atoms with van der Waals surface area (Å²) in [6, 6.07) is 0. The number of pyridine rings is 1. The number of carbonyl (C=O) groups excluding carboxylic acids is 1. The van der Waals surface area contributed by atoms with Crippen molar-refractivity contribution in [3.63, 3.8) is 0 Å². The van der Waals surface area contributed by atoms with E-state index in [0.717, 1.165) is 18.0 Å². The Hall–Kier alpha value is -3.17. The standard InChI is InChI=1S/C20H16FN3O4S/c1-3-12-13(21)9-22-14-8-17(25)20(28-2,23-18(12)14)24-6-4-5-11-7-16(19(26)27)29-10-15(11)24/h3-7,9-10,23H,1,8H2,2H3,(H,26,27). The molecule has 4 rings (SSSR count). The van der Waals surface area contributed by atoms with Gasteiger partial charge in [-0.2, -0.15) is 0 Å². The lowest BCUT2D eigenvalue weighted by Gasteiger charge is -2.46. The number of methoxy groups -OCH3 is 1. The predicted molar refractivity (Wildman–Crippen MR) is 107 cm³/mol. The van der Waals surface area contributed by atoms with E-state index in [4.69, 9.17) is 4.74 Å². The number of anilines is 1. The van der Waals surface area contributed by atoms with E-state index in [1.54, 1.807) is 28.7 Å². The van der Waals surface area contributed by atoms with Crippen molar-refractivity contribution in [3.05, 3.63) is 75.9 Å². The SMILES string of the molecule is C=Cc1c(F)cnc2c1NC(OC)(N1C=CC=C3C=C(C(=O)O)SC=C31)C(=O)C2. The van der Waals surface area contributed by atoms with E-state index in [0.29, 0.717) is 22.7 Å². The van der Waals surface area contributed by atoms with E-state index >= 15 is 0 Å². The lowest BCUT2D eigenvalue weighted by atomic mass is 9.97. The Bertz CT molecular complexity index is 1080. The monoisotopic (exact) mass is 413 g/mol. The molecule has 1 aromatic rings. The Labute approximate surface area is 169 Å². The summed E-state index contributed by atoms with van der Waals surface area (Å²) in [5.74, 6) is -3.59. The number of carbonyl (C=O) groups is 2. The van der Waals surface area contributed by atoms with E-state index in [9.17, 15) is 19.1 Å². The molecule has 3 aliphatic heterocycles. The normalized spacial score (nSPS) is 22.6. The molecule has 0 bridgehead atoms. The Morgan fingerprint density at radius 2 is 2.34 bits per heavy atom. The van der Waals surface area contributed by atoms with Crippen molar-refractivity contribution in [2.24, 2.45) is 0 Å². The van der Waals surface area contributed by atoms with E-state index < -0.39 is 17.6 Å². The van der Waals surface area contributed by atoms with Gasteiger partial charge in [0.05, 0.1) is 34.6 Å². The number of fused-ring (bicyclic) bond motifs is 2. The quantitative estimate of drug-likeness (QED) is 0.778. The fraction of sp³-hybridized carbons (Fsp3) is 0.150. The number of allylic oxidation sites excluding steroid dienone is 3. The van der Waals surface area contributed by atoms with E-state index in [-0.39, 0.29) is 22.7 Å². The molecular formula is C20H16FN3O4S. The number of halogens is 1. The number of carboxylic acids is 1. The van der Waals surface area contributed by atoms with Crippen molar-refractivity contribution in [3.8, 4) is 0 Å². The van der Waals surface area contributed by atoms with Crippen LogP contribution in [-0.2, 0) is 20.7 Å². The Kier molecular flexibility index (Phi) is 4.64. The number of Topliss-reactive ketones (excluding diaryl/α,β-unsaturated/α-hetero) is 1. The van der Waals surface area contributed by atoms with Gasteiger partial charge in [-0.3, -0.25) is 14.7 Å². The van der Waals surface area contributed by atoms with Crippen LogP contribution in [0.3, 0.4) is 0 Å².